The van der Waals surface area contributed by atoms with Gasteiger partial charge in [-0.25, -0.2) is 0 Å². The van der Waals surface area contributed by atoms with Gasteiger partial charge in [0.1, 0.15) is 5.54 Å². The minimum absolute atomic E-state index is 0.509. The Morgan fingerprint density at radius 1 is 1.35 bits per heavy atom. The van der Waals surface area contributed by atoms with Crippen molar-refractivity contribution in [1.82, 2.24) is 10.2 Å². The van der Waals surface area contributed by atoms with Crippen molar-refractivity contribution in [3.05, 3.63) is 35.9 Å². The Balaban J connectivity index is 2.16. The molecule has 0 aromatic heterocycles. The molecule has 1 unspecified atom stereocenters. The first kappa shape index (κ1) is 15.0. The molecule has 1 aliphatic rings. The standard InChI is InChI=1S/C17H25N3/c1-3-4-12-20(2)14-17(13-18,19-16-10-11-16)15-8-6-5-7-9-15/h5-9,16,19H,3-4,10-12,14H2,1-2H3. The topological polar surface area (TPSA) is 39.1 Å². The lowest BCUT2D eigenvalue weighted by atomic mass is 9.90. The van der Waals surface area contributed by atoms with Crippen LogP contribution >= 0.6 is 0 Å². The second-order valence-electron chi connectivity index (χ2n) is 5.89. The molecule has 1 saturated carbocycles. The van der Waals surface area contributed by atoms with Crippen molar-refractivity contribution in [2.24, 2.45) is 0 Å². The minimum atomic E-state index is -0.578. The largest absolute Gasteiger partial charge is 0.303 e. The van der Waals surface area contributed by atoms with E-state index in [4.69, 9.17) is 0 Å². The van der Waals surface area contributed by atoms with E-state index in [1.54, 1.807) is 0 Å². The molecule has 3 heteroatoms. The summed E-state index contributed by atoms with van der Waals surface area (Å²) in [6.07, 6.45) is 4.74. The molecule has 0 spiro atoms. The van der Waals surface area contributed by atoms with E-state index >= 15 is 0 Å². The molecule has 1 atom stereocenters. The van der Waals surface area contributed by atoms with Gasteiger partial charge in [0.15, 0.2) is 0 Å². The molecule has 20 heavy (non-hydrogen) atoms. The van der Waals surface area contributed by atoms with Crippen LogP contribution in [0.25, 0.3) is 0 Å². The molecule has 108 valence electrons. The van der Waals surface area contributed by atoms with Gasteiger partial charge in [0.05, 0.1) is 6.07 Å². The van der Waals surface area contributed by atoms with Crippen LogP contribution in [0, 0.1) is 11.3 Å². The van der Waals surface area contributed by atoms with E-state index in [1.165, 1.54) is 25.7 Å². The van der Waals surface area contributed by atoms with Crippen LogP contribution in [-0.4, -0.2) is 31.1 Å². The zero-order valence-electron chi connectivity index (χ0n) is 12.6. The van der Waals surface area contributed by atoms with Gasteiger partial charge in [-0.1, -0.05) is 43.7 Å². The first-order valence-corrected chi connectivity index (χ1v) is 7.63. The lowest BCUT2D eigenvalue weighted by Gasteiger charge is -2.33. The third-order valence-electron chi connectivity index (χ3n) is 3.89. The molecular formula is C17H25N3. The van der Waals surface area contributed by atoms with E-state index in [0.29, 0.717) is 6.04 Å². The molecule has 0 bridgehead atoms. The summed E-state index contributed by atoms with van der Waals surface area (Å²) in [7, 11) is 2.11. The number of nitrogens with zero attached hydrogens (tertiary/aromatic N) is 2. The highest BCUT2D eigenvalue weighted by Crippen LogP contribution is 2.29. The van der Waals surface area contributed by atoms with Gasteiger partial charge < -0.3 is 4.90 Å². The molecule has 0 radical (unpaired) electrons. The van der Waals surface area contributed by atoms with Crippen molar-refractivity contribution >= 4 is 0 Å². The predicted octanol–water partition coefficient (Wildman–Crippen LogP) is 2.89. The molecular weight excluding hydrogens is 246 g/mol. The molecule has 2 rings (SSSR count). The monoisotopic (exact) mass is 271 g/mol. The zero-order valence-corrected chi connectivity index (χ0v) is 12.6. The summed E-state index contributed by atoms with van der Waals surface area (Å²) in [5.41, 5.74) is 0.503. The van der Waals surface area contributed by atoms with Crippen molar-refractivity contribution in [2.45, 2.75) is 44.2 Å². The molecule has 0 aliphatic heterocycles. The predicted molar refractivity (Wildman–Crippen MR) is 82.3 cm³/mol. The van der Waals surface area contributed by atoms with E-state index in [-0.39, 0.29) is 0 Å². The third-order valence-corrected chi connectivity index (χ3v) is 3.89. The molecule has 1 aromatic carbocycles. The van der Waals surface area contributed by atoms with Crippen LogP contribution in [0.3, 0.4) is 0 Å². The summed E-state index contributed by atoms with van der Waals surface area (Å²) in [6, 6.07) is 13.2. The van der Waals surface area contributed by atoms with Crippen LogP contribution in [0.1, 0.15) is 38.2 Å². The fourth-order valence-corrected chi connectivity index (χ4v) is 2.56. The minimum Gasteiger partial charge on any atom is -0.303 e. The van der Waals surface area contributed by atoms with Crippen molar-refractivity contribution in [1.29, 1.82) is 5.26 Å². The highest BCUT2D eigenvalue weighted by atomic mass is 15.2. The van der Waals surface area contributed by atoms with Gasteiger partial charge in [-0.3, -0.25) is 5.32 Å². The second kappa shape index (κ2) is 6.88. The zero-order chi connectivity index (χ0) is 14.4. The number of likely N-dealkylation sites (N-methyl/N-ethyl adjacent to an activating group) is 1. The Kier molecular flexibility index (Phi) is 5.17. The summed E-state index contributed by atoms with van der Waals surface area (Å²) >= 11 is 0. The van der Waals surface area contributed by atoms with Gasteiger partial charge in [0.2, 0.25) is 0 Å². The first-order chi connectivity index (χ1) is 9.70. The van der Waals surface area contributed by atoms with Gasteiger partial charge in [0.25, 0.3) is 0 Å². The smallest absolute Gasteiger partial charge is 0.145 e. The molecule has 1 N–H and O–H groups in total. The summed E-state index contributed by atoms with van der Waals surface area (Å²) in [5, 5.41) is 13.4. The Morgan fingerprint density at radius 3 is 2.60 bits per heavy atom. The van der Waals surface area contributed by atoms with Crippen LogP contribution < -0.4 is 5.32 Å². The van der Waals surface area contributed by atoms with Crippen molar-refractivity contribution in [2.75, 3.05) is 20.1 Å². The number of nitriles is 1. The van der Waals surface area contributed by atoms with Crippen LogP contribution in [0.5, 0.6) is 0 Å². The van der Waals surface area contributed by atoms with E-state index in [2.05, 4.69) is 42.4 Å². The maximum atomic E-state index is 9.84. The lowest BCUT2D eigenvalue weighted by molar-refractivity contribution is 0.244. The van der Waals surface area contributed by atoms with Crippen molar-refractivity contribution in [3.63, 3.8) is 0 Å². The van der Waals surface area contributed by atoms with E-state index in [1.807, 2.05) is 18.2 Å². The number of unbranched alkanes of at least 4 members (excludes halogenated alkanes) is 1. The lowest BCUT2D eigenvalue weighted by Crippen LogP contribution is -2.50. The summed E-state index contributed by atoms with van der Waals surface area (Å²) in [4.78, 5) is 2.27. The summed E-state index contributed by atoms with van der Waals surface area (Å²) in [6.45, 7) is 3.98. The van der Waals surface area contributed by atoms with Crippen LogP contribution in [0.2, 0.25) is 0 Å². The number of hydrogen-bond acceptors (Lipinski definition) is 3. The second-order valence-corrected chi connectivity index (χ2v) is 5.89. The molecule has 1 fully saturated rings. The van der Waals surface area contributed by atoms with Gasteiger partial charge in [-0.05, 0) is 38.4 Å². The Bertz CT molecular complexity index is 447. The summed E-state index contributed by atoms with van der Waals surface area (Å²) < 4.78 is 0. The van der Waals surface area contributed by atoms with E-state index in [9.17, 15) is 5.26 Å². The van der Waals surface area contributed by atoms with Gasteiger partial charge >= 0.3 is 0 Å². The number of benzene rings is 1. The maximum Gasteiger partial charge on any atom is 0.145 e. The average Bonchev–Trinajstić information content (AvgIpc) is 3.29. The Morgan fingerprint density at radius 2 is 2.05 bits per heavy atom. The number of nitrogens with one attached hydrogen (secondary N) is 1. The van der Waals surface area contributed by atoms with Crippen molar-refractivity contribution in [3.8, 4) is 6.07 Å². The fraction of sp³-hybridized carbons (Fsp3) is 0.588. The van der Waals surface area contributed by atoms with Gasteiger partial charge in [-0.15, -0.1) is 0 Å². The molecule has 1 aromatic rings. The van der Waals surface area contributed by atoms with Gasteiger partial charge in [0, 0.05) is 12.6 Å². The quantitative estimate of drug-likeness (QED) is 0.790. The van der Waals surface area contributed by atoms with Gasteiger partial charge in [-0.2, -0.15) is 5.26 Å². The molecule has 1 aliphatic carbocycles. The number of rotatable bonds is 8. The molecule has 0 amide bonds. The van der Waals surface area contributed by atoms with Crippen molar-refractivity contribution < 1.29 is 0 Å². The highest BCUT2D eigenvalue weighted by Gasteiger charge is 2.38. The Labute approximate surface area is 122 Å². The highest BCUT2D eigenvalue weighted by molar-refractivity contribution is 5.32. The average molecular weight is 271 g/mol. The maximum absolute atomic E-state index is 9.84. The SMILES string of the molecule is CCCCN(C)CC(C#N)(NC1CC1)c1ccccc1. The molecule has 0 heterocycles. The number of hydrogen-bond donors (Lipinski definition) is 1. The van der Waals surface area contributed by atoms with Crippen LogP contribution in [0.15, 0.2) is 30.3 Å². The molecule has 0 saturated heterocycles. The Hall–Kier alpha value is -1.37. The third kappa shape index (κ3) is 3.82. The van der Waals surface area contributed by atoms with Crippen LogP contribution in [0.4, 0.5) is 0 Å². The molecule has 3 nitrogen and oxygen atoms in total. The van der Waals surface area contributed by atoms with E-state index < -0.39 is 5.54 Å². The van der Waals surface area contributed by atoms with Crippen LogP contribution in [-0.2, 0) is 5.54 Å². The van der Waals surface area contributed by atoms with E-state index in [0.717, 1.165) is 18.7 Å². The normalized spacial score (nSPS) is 17.7. The summed E-state index contributed by atoms with van der Waals surface area (Å²) in [5.74, 6) is 0. The first-order valence-electron chi connectivity index (χ1n) is 7.63. The fourth-order valence-electron chi connectivity index (χ4n) is 2.56.